The van der Waals surface area contributed by atoms with E-state index in [4.69, 9.17) is 0 Å². The van der Waals surface area contributed by atoms with Crippen molar-refractivity contribution in [2.75, 3.05) is 0 Å². The van der Waals surface area contributed by atoms with Gasteiger partial charge in [-0.2, -0.15) is 0 Å². The van der Waals surface area contributed by atoms with E-state index < -0.39 is 30.6 Å². The normalized spacial score (nSPS) is 20.6. The average molecular weight is 349 g/mol. The van der Waals surface area contributed by atoms with Crippen LogP contribution in [0.1, 0.15) is 27.7 Å². The third-order valence-electron chi connectivity index (χ3n) is 3.20. The summed E-state index contributed by atoms with van der Waals surface area (Å²) < 4.78 is 2.33. The quantitative estimate of drug-likeness (QED) is 0.724. The van der Waals surface area contributed by atoms with Crippen molar-refractivity contribution in [3.8, 4) is 0 Å². The van der Waals surface area contributed by atoms with Gasteiger partial charge in [0.2, 0.25) is 0 Å². The predicted molar refractivity (Wildman–Crippen MR) is 77.7 cm³/mol. The Morgan fingerprint density at radius 2 is 1.35 bits per heavy atom. The second-order valence-corrected chi connectivity index (χ2v) is 21.1. The van der Waals surface area contributed by atoms with E-state index in [1.165, 1.54) is 0 Å². The Balaban J connectivity index is 4.50. The summed E-state index contributed by atoms with van der Waals surface area (Å²) in [6.07, 6.45) is 1.25. The number of hydrogen-bond donors (Lipinski definition) is 2. The van der Waals surface area contributed by atoms with Crippen LogP contribution in [-0.2, 0) is 0 Å². The summed E-state index contributed by atoms with van der Waals surface area (Å²) in [7, 11) is 0. The van der Waals surface area contributed by atoms with Gasteiger partial charge in [0, 0.05) is 0 Å². The summed E-state index contributed by atoms with van der Waals surface area (Å²) in [5.41, 5.74) is 0. The number of aliphatic hydroxyl groups excluding tert-OH is 2. The number of aliphatic hydroxyl groups is 2. The fourth-order valence-corrected chi connectivity index (χ4v) is 4.36. The molecule has 0 amide bonds. The van der Waals surface area contributed by atoms with E-state index in [1.54, 1.807) is 0 Å². The van der Waals surface area contributed by atoms with Crippen LogP contribution < -0.4 is 0 Å². The first-order chi connectivity index (χ1) is 7.56. The van der Waals surface area contributed by atoms with Crippen LogP contribution in [0.5, 0.6) is 0 Å². The third kappa shape index (κ3) is 6.82. The molecule has 0 unspecified atom stereocenters. The van der Waals surface area contributed by atoms with Crippen LogP contribution in [0.15, 0.2) is 10.2 Å². The second-order valence-electron chi connectivity index (χ2n) is 6.67. The summed E-state index contributed by atoms with van der Waals surface area (Å²) in [6, 6.07) is 0. The molecule has 0 fully saturated rings. The molecule has 2 nitrogen and oxygen atoms in total. The van der Waals surface area contributed by atoms with Crippen molar-refractivity contribution >= 4 is 18.4 Å². The van der Waals surface area contributed by atoms with E-state index >= 15 is 0 Å². The predicted octanol–water partition coefficient (Wildman–Crippen LogP) is 3.07. The van der Waals surface area contributed by atoms with E-state index in [9.17, 15) is 10.2 Å². The Morgan fingerprint density at radius 3 is 1.71 bits per heavy atom. The summed E-state index contributed by atoms with van der Waals surface area (Å²) in [5.74, 6) is 0.233. The van der Waals surface area contributed by atoms with Gasteiger partial charge in [0.1, 0.15) is 0 Å². The van der Waals surface area contributed by atoms with Crippen molar-refractivity contribution in [2.45, 2.75) is 54.7 Å². The Hall–Kier alpha value is 0.459. The average Bonchev–Trinajstić information content (AvgIpc) is 2.21. The fourth-order valence-electron chi connectivity index (χ4n) is 1.84. The van der Waals surface area contributed by atoms with Gasteiger partial charge in [-0.1, -0.05) is 0 Å². The molecule has 0 aliphatic heterocycles. The van der Waals surface area contributed by atoms with E-state index in [0.717, 1.165) is 0 Å². The topological polar surface area (TPSA) is 40.5 Å². The summed E-state index contributed by atoms with van der Waals surface area (Å²) >= 11 is -1.89. The number of rotatable bonds is 6. The van der Waals surface area contributed by atoms with Crippen LogP contribution in [0.25, 0.3) is 0 Å². The van der Waals surface area contributed by atoms with Gasteiger partial charge < -0.3 is 0 Å². The zero-order chi connectivity index (χ0) is 13.8. The molecule has 3 heteroatoms. The first-order valence-electron chi connectivity index (χ1n) is 6.61. The molecule has 0 aromatic carbocycles. The van der Waals surface area contributed by atoms with Crippen LogP contribution in [0, 0.1) is 17.8 Å². The minimum atomic E-state index is -1.89. The molecule has 0 radical (unpaired) electrons. The maximum atomic E-state index is 10.2. The molecule has 0 aromatic heterocycles. The van der Waals surface area contributed by atoms with Crippen molar-refractivity contribution in [3.63, 3.8) is 0 Å². The van der Waals surface area contributed by atoms with Crippen LogP contribution in [0.3, 0.4) is 0 Å². The molecule has 0 saturated carbocycles. The molecule has 0 aliphatic rings. The van der Waals surface area contributed by atoms with E-state index in [0.29, 0.717) is 0 Å². The van der Waals surface area contributed by atoms with E-state index in [-0.39, 0.29) is 17.8 Å². The molecule has 17 heavy (non-hydrogen) atoms. The molecule has 4 atom stereocenters. The van der Waals surface area contributed by atoms with Crippen molar-refractivity contribution in [1.29, 1.82) is 0 Å². The van der Waals surface area contributed by atoms with Gasteiger partial charge in [0.15, 0.2) is 0 Å². The zero-order valence-electron chi connectivity index (χ0n) is 12.4. The first kappa shape index (κ1) is 17.5. The van der Waals surface area contributed by atoms with Crippen LogP contribution in [-0.4, -0.2) is 40.8 Å². The van der Waals surface area contributed by atoms with Crippen molar-refractivity contribution < 1.29 is 10.2 Å². The Morgan fingerprint density at radius 1 is 0.882 bits per heavy atom. The van der Waals surface area contributed by atoms with Gasteiger partial charge in [0.25, 0.3) is 0 Å². The Kier molecular flexibility index (Phi) is 7.34. The first-order valence-corrected chi connectivity index (χ1v) is 16.8. The van der Waals surface area contributed by atoms with Crippen LogP contribution in [0.4, 0.5) is 0 Å². The second kappa shape index (κ2) is 7.15. The molecule has 2 N–H and O–H groups in total. The van der Waals surface area contributed by atoms with E-state index in [2.05, 4.69) is 25.0 Å². The molecule has 0 spiro atoms. The standard InChI is InChI=1S/C11H21O2.3CH3.Sn/c1-6-8(4)11(13)9(5)10(12)7(2)3;;;;/h1,6-13H,2-5H3;3*1H3;/t8-,9-,10-,11-;;;;/m0..../s1. The Labute approximate surface area is 111 Å². The van der Waals surface area contributed by atoms with E-state index in [1.807, 2.05) is 27.7 Å². The number of hydrogen-bond acceptors (Lipinski definition) is 2. The summed E-state index contributed by atoms with van der Waals surface area (Å²) in [5, 5.41) is 20.2. The van der Waals surface area contributed by atoms with Gasteiger partial charge in [0.05, 0.1) is 0 Å². The third-order valence-corrected chi connectivity index (χ3v) is 6.60. The zero-order valence-corrected chi connectivity index (χ0v) is 15.3. The van der Waals surface area contributed by atoms with Crippen LogP contribution in [0.2, 0.25) is 14.8 Å². The molecular weight excluding hydrogens is 319 g/mol. The molecular formula is C14H30O2Sn. The summed E-state index contributed by atoms with van der Waals surface area (Å²) in [4.78, 5) is 7.03. The van der Waals surface area contributed by atoms with Crippen LogP contribution >= 0.6 is 0 Å². The van der Waals surface area contributed by atoms with Gasteiger partial charge in [-0.05, 0) is 0 Å². The fraction of sp³-hybridized carbons (Fsp3) is 0.857. The summed E-state index contributed by atoms with van der Waals surface area (Å²) in [6.45, 7) is 7.93. The molecule has 0 bridgehead atoms. The molecule has 102 valence electrons. The van der Waals surface area contributed by atoms with Crippen molar-refractivity contribution in [2.24, 2.45) is 17.8 Å². The molecule has 0 aliphatic carbocycles. The Bertz CT molecular complexity index is 243. The molecule has 0 aromatic rings. The molecule has 0 rings (SSSR count). The van der Waals surface area contributed by atoms with Gasteiger partial charge in [-0.3, -0.25) is 0 Å². The van der Waals surface area contributed by atoms with Crippen molar-refractivity contribution in [1.82, 2.24) is 0 Å². The van der Waals surface area contributed by atoms with Gasteiger partial charge >= 0.3 is 111 Å². The maximum absolute atomic E-state index is 10.2. The van der Waals surface area contributed by atoms with Gasteiger partial charge in [-0.15, -0.1) is 0 Å². The van der Waals surface area contributed by atoms with Gasteiger partial charge in [-0.25, -0.2) is 0 Å². The monoisotopic (exact) mass is 350 g/mol. The molecule has 0 saturated heterocycles. The van der Waals surface area contributed by atoms with Crippen molar-refractivity contribution in [3.05, 3.63) is 10.2 Å². The molecule has 0 heterocycles. The SMILES string of the molecule is CC(C)[C@H](O)[C@H](C)[C@@H](O)[C@@H](C)/C=[CH]/[Sn]([CH3])([CH3])[CH3]. The minimum absolute atomic E-state index is 0.0789.